The van der Waals surface area contributed by atoms with Gasteiger partial charge in [-0.05, 0) is 30.7 Å². The van der Waals surface area contributed by atoms with Gasteiger partial charge in [-0.25, -0.2) is 19.6 Å². The summed E-state index contributed by atoms with van der Waals surface area (Å²) in [5.41, 5.74) is 0.480. The van der Waals surface area contributed by atoms with Crippen LogP contribution in [-0.4, -0.2) is 53.2 Å². The third kappa shape index (κ3) is 5.26. The molecule has 0 aliphatic rings. The van der Waals surface area contributed by atoms with E-state index in [0.29, 0.717) is 11.4 Å². The quantitative estimate of drug-likeness (QED) is 0.323. The minimum Gasteiger partial charge on any atom is -0.481 e. The van der Waals surface area contributed by atoms with Gasteiger partial charge in [0, 0.05) is 31.8 Å². The van der Waals surface area contributed by atoms with Gasteiger partial charge in [-0.1, -0.05) is 0 Å². The molecule has 1 amide bonds. The highest BCUT2D eigenvalue weighted by Gasteiger charge is 2.21. The van der Waals surface area contributed by atoms with Crippen LogP contribution < -0.4 is 21.9 Å². The predicted octanol–water partition coefficient (Wildman–Crippen LogP) is -0.313. The van der Waals surface area contributed by atoms with Crippen LogP contribution in [0.1, 0.15) is 28.9 Å². The van der Waals surface area contributed by atoms with Crippen LogP contribution in [0.4, 0.5) is 5.69 Å². The normalized spacial score (nSPS) is 11.7. The molecule has 1 atom stereocenters. The van der Waals surface area contributed by atoms with E-state index in [9.17, 15) is 24.0 Å². The first kappa shape index (κ1) is 24.1. The molecule has 0 fully saturated rings. The standard InChI is InChI=1S/C21H22N6O7/c1-26-17-16(19(31)27(2)21(26)34)23-10-13(24-17)9-22-12-5-3-11(4-6-12)18(30)25-14(20(32)33)7-8-15(28)29/h3-6,10,14,22H,7-9H2,1-2H3,(H,25,30)(H,28,29)(H,32,33). The van der Waals surface area contributed by atoms with Crippen molar-refractivity contribution in [2.24, 2.45) is 14.1 Å². The van der Waals surface area contributed by atoms with E-state index in [2.05, 4.69) is 20.6 Å². The molecule has 3 rings (SSSR count). The predicted molar refractivity (Wildman–Crippen MR) is 120 cm³/mol. The Balaban J connectivity index is 1.68. The lowest BCUT2D eigenvalue weighted by Crippen LogP contribution is -2.41. The van der Waals surface area contributed by atoms with Crippen LogP contribution in [0, 0.1) is 0 Å². The fraction of sp³-hybridized carbons (Fsp3) is 0.286. The number of nitrogens with zero attached hydrogens (tertiary/aromatic N) is 4. The Kier molecular flexibility index (Phi) is 7.04. The molecule has 1 aromatic carbocycles. The van der Waals surface area contributed by atoms with Gasteiger partial charge < -0.3 is 20.8 Å². The Hall–Kier alpha value is -4.55. The molecule has 0 aliphatic heterocycles. The van der Waals surface area contributed by atoms with Crippen LogP contribution in [0.5, 0.6) is 0 Å². The molecule has 2 heterocycles. The highest BCUT2D eigenvalue weighted by atomic mass is 16.4. The van der Waals surface area contributed by atoms with Crippen LogP contribution in [0.25, 0.3) is 11.2 Å². The van der Waals surface area contributed by atoms with Crippen LogP contribution in [-0.2, 0) is 30.2 Å². The van der Waals surface area contributed by atoms with Crippen LogP contribution in [0.3, 0.4) is 0 Å². The van der Waals surface area contributed by atoms with Crippen LogP contribution in [0.2, 0.25) is 0 Å². The Bertz CT molecular complexity index is 1380. The van der Waals surface area contributed by atoms with Gasteiger partial charge in [-0.15, -0.1) is 0 Å². The second-order valence-corrected chi connectivity index (χ2v) is 7.47. The molecule has 4 N–H and O–H groups in total. The zero-order valence-corrected chi connectivity index (χ0v) is 18.3. The number of benzene rings is 1. The molecule has 13 nitrogen and oxygen atoms in total. The SMILES string of the molecule is Cn1c(=O)c2ncc(CNc3ccc(C(=O)NC(CCC(=O)O)C(=O)O)cc3)nc2n(C)c1=O. The van der Waals surface area contributed by atoms with Gasteiger partial charge in [-0.2, -0.15) is 0 Å². The molecule has 0 saturated carbocycles. The summed E-state index contributed by atoms with van der Waals surface area (Å²) < 4.78 is 2.19. The van der Waals surface area contributed by atoms with E-state index in [1.54, 1.807) is 12.1 Å². The molecule has 0 aliphatic carbocycles. The maximum atomic E-state index is 12.3. The molecule has 3 aromatic rings. The van der Waals surface area contributed by atoms with Gasteiger partial charge in [0.05, 0.1) is 18.4 Å². The highest BCUT2D eigenvalue weighted by molar-refractivity contribution is 5.96. The number of anilines is 1. The molecule has 1 unspecified atom stereocenters. The van der Waals surface area contributed by atoms with Crippen molar-refractivity contribution in [1.82, 2.24) is 24.4 Å². The lowest BCUT2D eigenvalue weighted by Gasteiger charge is -2.14. The number of aryl methyl sites for hydroxylation is 1. The number of carboxylic acids is 2. The van der Waals surface area contributed by atoms with Crippen molar-refractivity contribution in [2.45, 2.75) is 25.4 Å². The number of aromatic nitrogens is 4. The third-order valence-corrected chi connectivity index (χ3v) is 5.07. The third-order valence-electron chi connectivity index (χ3n) is 5.07. The summed E-state index contributed by atoms with van der Waals surface area (Å²) in [7, 11) is 2.86. The first-order valence-corrected chi connectivity index (χ1v) is 10.1. The molecule has 178 valence electrons. The molecule has 0 saturated heterocycles. The molecule has 0 radical (unpaired) electrons. The molecule has 0 spiro atoms. The summed E-state index contributed by atoms with van der Waals surface area (Å²) in [4.78, 5) is 67.0. The van der Waals surface area contributed by atoms with Gasteiger partial charge in [0.15, 0.2) is 11.2 Å². The fourth-order valence-electron chi connectivity index (χ4n) is 3.14. The average Bonchev–Trinajstić information content (AvgIpc) is 2.82. The number of amides is 1. The van der Waals surface area contributed by atoms with Crippen molar-refractivity contribution in [2.75, 3.05) is 5.32 Å². The van der Waals surface area contributed by atoms with Crippen LogP contribution >= 0.6 is 0 Å². The minimum absolute atomic E-state index is 0.0757. The average molecular weight is 470 g/mol. The number of rotatable bonds is 9. The Morgan fingerprint density at radius 3 is 2.35 bits per heavy atom. The van der Waals surface area contributed by atoms with Gasteiger partial charge in [-0.3, -0.25) is 23.5 Å². The van der Waals surface area contributed by atoms with Crippen molar-refractivity contribution in [1.29, 1.82) is 0 Å². The van der Waals surface area contributed by atoms with E-state index in [0.717, 1.165) is 4.57 Å². The van der Waals surface area contributed by atoms with Gasteiger partial charge >= 0.3 is 17.6 Å². The number of carbonyl (C=O) groups excluding carboxylic acids is 1. The maximum absolute atomic E-state index is 12.3. The number of fused-ring (bicyclic) bond motifs is 1. The van der Waals surface area contributed by atoms with E-state index in [1.165, 1.54) is 37.0 Å². The van der Waals surface area contributed by atoms with Crippen LogP contribution in [0.15, 0.2) is 40.1 Å². The van der Waals surface area contributed by atoms with E-state index < -0.39 is 35.1 Å². The summed E-state index contributed by atoms with van der Waals surface area (Å²) in [6.45, 7) is 0.216. The van der Waals surface area contributed by atoms with Crippen molar-refractivity contribution in [3.63, 3.8) is 0 Å². The molecule has 13 heteroatoms. The molecular weight excluding hydrogens is 448 g/mol. The zero-order valence-electron chi connectivity index (χ0n) is 18.3. The van der Waals surface area contributed by atoms with Crippen molar-refractivity contribution in [3.8, 4) is 0 Å². The van der Waals surface area contributed by atoms with Gasteiger partial charge in [0.25, 0.3) is 11.5 Å². The first-order chi connectivity index (χ1) is 16.1. The number of hydrogen-bond donors (Lipinski definition) is 4. The number of nitrogens with one attached hydrogen (secondary N) is 2. The minimum atomic E-state index is -1.32. The molecule has 34 heavy (non-hydrogen) atoms. The summed E-state index contributed by atoms with van der Waals surface area (Å²) >= 11 is 0. The summed E-state index contributed by atoms with van der Waals surface area (Å²) in [6, 6.07) is 4.84. The van der Waals surface area contributed by atoms with E-state index in [4.69, 9.17) is 10.2 Å². The van der Waals surface area contributed by atoms with E-state index >= 15 is 0 Å². The van der Waals surface area contributed by atoms with Crippen molar-refractivity contribution >= 4 is 34.7 Å². The monoisotopic (exact) mass is 470 g/mol. The zero-order chi connectivity index (χ0) is 25.0. The number of aliphatic carboxylic acids is 2. The second kappa shape index (κ2) is 9.94. The number of carboxylic acid groups (broad SMARTS) is 2. The van der Waals surface area contributed by atoms with Crippen molar-refractivity contribution < 1.29 is 24.6 Å². The number of carbonyl (C=O) groups is 3. The topological polar surface area (TPSA) is 186 Å². The van der Waals surface area contributed by atoms with Gasteiger partial charge in [0.1, 0.15) is 6.04 Å². The number of hydrogen-bond acceptors (Lipinski definition) is 8. The highest BCUT2D eigenvalue weighted by Crippen LogP contribution is 2.12. The summed E-state index contributed by atoms with van der Waals surface area (Å²) in [5.74, 6) is -3.12. The first-order valence-electron chi connectivity index (χ1n) is 10.1. The summed E-state index contributed by atoms with van der Waals surface area (Å²) in [5, 5.41) is 23.3. The Labute approximate surface area is 191 Å². The lowest BCUT2D eigenvalue weighted by molar-refractivity contribution is -0.140. The largest absolute Gasteiger partial charge is 0.481 e. The lowest BCUT2D eigenvalue weighted by atomic mass is 10.1. The second-order valence-electron chi connectivity index (χ2n) is 7.47. The fourth-order valence-corrected chi connectivity index (χ4v) is 3.14. The van der Waals surface area contributed by atoms with Gasteiger partial charge in [0.2, 0.25) is 0 Å². The smallest absolute Gasteiger partial charge is 0.332 e. The molecular formula is C21H22N6O7. The maximum Gasteiger partial charge on any atom is 0.332 e. The molecule has 0 bridgehead atoms. The van der Waals surface area contributed by atoms with Crippen molar-refractivity contribution in [3.05, 3.63) is 62.6 Å². The van der Waals surface area contributed by atoms with E-state index in [1.807, 2.05) is 0 Å². The Morgan fingerprint density at radius 1 is 1.06 bits per heavy atom. The summed E-state index contributed by atoms with van der Waals surface area (Å²) in [6.07, 6.45) is 0.799. The Morgan fingerprint density at radius 2 is 1.74 bits per heavy atom. The molecule has 2 aromatic heterocycles. The van der Waals surface area contributed by atoms with E-state index in [-0.39, 0.29) is 36.1 Å².